The van der Waals surface area contributed by atoms with E-state index in [1.807, 2.05) is 13.8 Å². The van der Waals surface area contributed by atoms with Crippen molar-refractivity contribution in [1.29, 1.82) is 0 Å². The standard InChI is InChI=1S/C11H19O4P/c1-8-6-10(3)15-9(2,13-8)7-11(4,14-8)16(10)12-5/h6-7H2,1-5H3. The average molecular weight is 246 g/mol. The van der Waals surface area contributed by atoms with Gasteiger partial charge in [0.1, 0.15) is 10.7 Å². The van der Waals surface area contributed by atoms with Crippen LogP contribution >= 0.6 is 8.15 Å². The van der Waals surface area contributed by atoms with Crippen LogP contribution in [0.1, 0.15) is 40.5 Å². The van der Waals surface area contributed by atoms with Gasteiger partial charge in [-0.15, -0.1) is 0 Å². The van der Waals surface area contributed by atoms with Crippen molar-refractivity contribution < 1.29 is 18.7 Å². The van der Waals surface area contributed by atoms with Gasteiger partial charge < -0.3 is 18.7 Å². The van der Waals surface area contributed by atoms with Gasteiger partial charge in [0.2, 0.25) is 0 Å². The van der Waals surface area contributed by atoms with Crippen molar-refractivity contribution in [1.82, 2.24) is 0 Å². The lowest BCUT2D eigenvalue weighted by molar-refractivity contribution is -0.470. The Kier molecular flexibility index (Phi) is 2.00. The second kappa shape index (κ2) is 2.81. The van der Waals surface area contributed by atoms with E-state index in [9.17, 15) is 0 Å². The lowest BCUT2D eigenvalue weighted by Gasteiger charge is -2.68. The largest absolute Gasteiger partial charge is 0.357 e. The first-order chi connectivity index (χ1) is 7.23. The Morgan fingerprint density at radius 2 is 1.31 bits per heavy atom. The first kappa shape index (κ1) is 11.4. The summed E-state index contributed by atoms with van der Waals surface area (Å²) in [6, 6.07) is 0. The second-order valence-corrected chi connectivity index (χ2v) is 8.60. The monoisotopic (exact) mass is 246 g/mol. The molecule has 4 aliphatic rings. The third kappa shape index (κ3) is 1.28. The van der Waals surface area contributed by atoms with Gasteiger partial charge in [-0.25, -0.2) is 0 Å². The molecule has 4 fully saturated rings. The molecule has 16 heavy (non-hydrogen) atoms. The van der Waals surface area contributed by atoms with Crippen LogP contribution in [0.4, 0.5) is 0 Å². The van der Waals surface area contributed by atoms with Crippen LogP contribution in [0.25, 0.3) is 0 Å². The van der Waals surface area contributed by atoms with Crippen LogP contribution in [0.5, 0.6) is 0 Å². The van der Waals surface area contributed by atoms with E-state index in [4.69, 9.17) is 18.7 Å². The van der Waals surface area contributed by atoms with Crippen LogP contribution in [0.15, 0.2) is 0 Å². The zero-order valence-electron chi connectivity index (χ0n) is 10.5. The van der Waals surface area contributed by atoms with Crippen molar-refractivity contribution in [2.24, 2.45) is 0 Å². The van der Waals surface area contributed by atoms with Crippen LogP contribution in [0.2, 0.25) is 0 Å². The van der Waals surface area contributed by atoms with Gasteiger partial charge in [-0.1, -0.05) is 0 Å². The fourth-order valence-electron chi connectivity index (χ4n) is 3.95. The Hall–Kier alpha value is 0.270. The Morgan fingerprint density at radius 3 is 1.69 bits per heavy atom. The quantitative estimate of drug-likeness (QED) is 0.667. The Labute approximate surface area is 97.4 Å². The molecule has 4 saturated heterocycles. The minimum atomic E-state index is -0.756. The molecule has 92 valence electrons. The van der Waals surface area contributed by atoms with Crippen molar-refractivity contribution in [2.45, 2.75) is 62.8 Å². The molecule has 0 aromatic rings. The molecular formula is C11H19O4P. The highest BCUT2D eigenvalue weighted by molar-refractivity contribution is 7.55. The first-order valence-electron chi connectivity index (χ1n) is 5.68. The van der Waals surface area contributed by atoms with E-state index in [0.29, 0.717) is 0 Å². The summed E-state index contributed by atoms with van der Waals surface area (Å²) in [7, 11) is 0.997. The summed E-state index contributed by atoms with van der Waals surface area (Å²) in [5.74, 6) is -1.04. The molecule has 0 amide bonds. The third-order valence-corrected chi connectivity index (χ3v) is 6.23. The number of hydrogen-bond acceptors (Lipinski definition) is 4. The van der Waals surface area contributed by atoms with Gasteiger partial charge in [-0.3, -0.25) is 0 Å². The van der Waals surface area contributed by atoms with E-state index in [2.05, 4.69) is 13.8 Å². The average Bonchev–Trinajstić information content (AvgIpc) is 1.92. The highest BCUT2D eigenvalue weighted by atomic mass is 31.1. The summed E-state index contributed by atoms with van der Waals surface area (Å²) in [5.41, 5.74) is 0. The molecule has 4 nitrogen and oxygen atoms in total. The zero-order valence-corrected chi connectivity index (χ0v) is 11.4. The summed E-state index contributed by atoms with van der Waals surface area (Å²) in [6.07, 6.45) is 1.48. The van der Waals surface area contributed by atoms with Crippen LogP contribution in [0.3, 0.4) is 0 Å². The number of hydrogen-bond donors (Lipinski definition) is 0. The predicted octanol–water partition coefficient (Wildman–Crippen LogP) is 2.77. The molecule has 0 N–H and O–H groups in total. The van der Waals surface area contributed by atoms with Gasteiger partial charge in [0, 0.05) is 20.0 Å². The molecule has 0 spiro atoms. The molecule has 4 atom stereocenters. The normalized spacial score (nSPS) is 63.9. The zero-order chi connectivity index (χ0) is 11.8. The molecule has 0 radical (unpaired) electrons. The highest BCUT2D eigenvalue weighted by Gasteiger charge is 2.71. The van der Waals surface area contributed by atoms with Crippen LogP contribution in [-0.2, 0) is 18.7 Å². The van der Waals surface area contributed by atoms with E-state index >= 15 is 0 Å². The molecule has 0 aromatic carbocycles. The highest BCUT2D eigenvalue weighted by Crippen LogP contribution is 2.76. The van der Waals surface area contributed by atoms with Crippen LogP contribution in [0, 0.1) is 0 Å². The van der Waals surface area contributed by atoms with E-state index in [0.717, 1.165) is 12.8 Å². The lowest BCUT2D eigenvalue weighted by Crippen LogP contribution is -2.71. The Morgan fingerprint density at radius 1 is 0.875 bits per heavy atom. The molecule has 5 heteroatoms. The van der Waals surface area contributed by atoms with E-state index in [1.54, 1.807) is 7.11 Å². The molecule has 4 rings (SSSR count). The molecule has 4 unspecified atom stereocenters. The van der Waals surface area contributed by atoms with E-state index in [-0.39, 0.29) is 10.7 Å². The molecular weight excluding hydrogens is 227 g/mol. The summed E-state index contributed by atoms with van der Waals surface area (Å²) in [6.45, 7) is 8.26. The van der Waals surface area contributed by atoms with E-state index in [1.165, 1.54) is 0 Å². The lowest BCUT2D eigenvalue weighted by atomic mass is 9.98. The molecule has 0 saturated carbocycles. The number of rotatable bonds is 1. The van der Waals surface area contributed by atoms with Crippen molar-refractivity contribution >= 4 is 8.15 Å². The molecule has 4 aliphatic heterocycles. The molecule has 4 heterocycles. The van der Waals surface area contributed by atoms with Gasteiger partial charge in [-0.05, 0) is 27.7 Å². The summed E-state index contributed by atoms with van der Waals surface area (Å²) >= 11 is 0. The Balaban J connectivity index is 2.10. The minimum Gasteiger partial charge on any atom is -0.357 e. The maximum Gasteiger partial charge on any atom is 0.173 e. The SMILES string of the molecule is COP1C2(C)CC3(C)OC(C)(CC1(C)O3)O2. The van der Waals surface area contributed by atoms with Crippen molar-refractivity contribution in [3.8, 4) is 0 Å². The summed E-state index contributed by atoms with van der Waals surface area (Å²) in [4.78, 5) is 0. The minimum absolute atomic E-state index is 0.253. The van der Waals surface area contributed by atoms with Gasteiger partial charge in [0.05, 0.1) is 8.15 Å². The topological polar surface area (TPSA) is 36.9 Å². The molecule has 0 aromatic heterocycles. The summed E-state index contributed by atoms with van der Waals surface area (Å²) < 4.78 is 23.9. The second-order valence-electron chi connectivity index (χ2n) is 5.75. The van der Waals surface area contributed by atoms with Gasteiger partial charge in [0.25, 0.3) is 0 Å². The maximum absolute atomic E-state index is 6.13. The smallest absolute Gasteiger partial charge is 0.173 e. The predicted molar refractivity (Wildman–Crippen MR) is 60.0 cm³/mol. The van der Waals surface area contributed by atoms with Gasteiger partial charge in [-0.2, -0.15) is 0 Å². The number of ether oxygens (including phenoxy) is 3. The maximum atomic E-state index is 6.13. The van der Waals surface area contributed by atoms with Crippen molar-refractivity contribution in [3.63, 3.8) is 0 Å². The van der Waals surface area contributed by atoms with Crippen molar-refractivity contribution in [2.75, 3.05) is 7.11 Å². The van der Waals surface area contributed by atoms with Gasteiger partial charge >= 0.3 is 0 Å². The van der Waals surface area contributed by atoms with Crippen molar-refractivity contribution in [3.05, 3.63) is 0 Å². The summed E-state index contributed by atoms with van der Waals surface area (Å²) in [5, 5.41) is -0.506. The molecule has 4 bridgehead atoms. The van der Waals surface area contributed by atoms with E-state index < -0.39 is 19.7 Å². The third-order valence-electron chi connectivity index (χ3n) is 3.64. The van der Waals surface area contributed by atoms with Crippen LogP contribution in [-0.4, -0.2) is 29.4 Å². The molecule has 0 aliphatic carbocycles. The fourth-order valence-corrected chi connectivity index (χ4v) is 7.14. The Bertz CT molecular complexity index is 301. The fraction of sp³-hybridized carbons (Fsp3) is 1.00. The van der Waals surface area contributed by atoms with Crippen LogP contribution < -0.4 is 0 Å². The van der Waals surface area contributed by atoms with Gasteiger partial charge in [0.15, 0.2) is 11.6 Å². The first-order valence-corrected chi connectivity index (χ1v) is 6.94.